The second-order valence-corrected chi connectivity index (χ2v) is 4.71. The van der Waals surface area contributed by atoms with Crippen molar-refractivity contribution in [2.45, 2.75) is 25.3 Å². The van der Waals surface area contributed by atoms with Crippen LogP contribution >= 0.6 is 0 Å². The molecule has 18 heavy (non-hydrogen) atoms. The molecule has 1 aromatic carbocycles. The highest BCUT2D eigenvalue weighted by Gasteiger charge is 2.15. The van der Waals surface area contributed by atoms with Crippen molar-refractivity contribution in [2.75, 3.05) is 0 Å². The highest BCUT2D eigenvalue weighted by Crippen LogP contribution is 2.28. The number of nitrogens with zero attached hydrogens (tertiary/aromatic N) is 1. The van der Waals surface area contributed by atoms with Crippen LogP contribution in [0, 0.1) is 0 Å². The predicted molar refractivity (Wildman–Crippen MR) is 72.2 cm³/mol. The molecular formula is C14H15N3O. The van der Waals surface area contributed by atoms with Crippen LogP contribution in [0.3, 0.4) is 0 Å². The molecule has 1 unspecified atom stereocenters. The van der Waals surface area contributed by atoms with E-state index in [0.29, 0.717) is 5.39 Å². The van der Waals surface area contributed by atoms with Crippen LogP contribution in [0.15, 0.2) is 35.1 Å². The van der Waals surface area contributed by atoms with Crippen LogP contribution in [-0.4, -0.2) is 16.2 Å². The summed E-state index contributed by atoms with van der Waals surface area (Å²) in [6.45, 7) is 0. The molecule has 3 N–H and O–H groups in total. The Morgan fingerprint density at radius 3 is 2.78 bits per heavy atom. The summed E-state index contributed by atoms with van der Waals surface area (Å²) in [7, 11) is 0. The number of hydrogen-bond acceptors (Lipinski definition) is 3. The highest BCUT2D eigenvalue weighted by molar-refractivity contribution is 5.91. The van der Waals surface area contributed by atoms with Gasteiger partial charge in [0.05, 0.1) is 11.1 Å². The van der Waals surface area contributed by atoms with Crippen LogP contribution in [0.2, 0.25) is 0 Å². The summed E-state index contributed by atoms with van der Waals surface area (Å²) >= 11 is 0. The average Bonchev–Trinajstić information content (AvgIpc) is 2.41. The van der Waals surface area contributed by atoms with Crippen molar-refractivity contribution in [1.82, 2.24) is 10.2 Å². The molecule has 1 heterocycles. The van der Waals surface area contributed by atoms with Gasteiger partial charge >= 0.3 is 0 Å². The summed E-state index contributed by atoms with van der Waals surface area (Å²) < 4.78 is 0. The molecule has 0 aliphatic heterocycles. The van der Waals surface area contributed by atoms with Crippen molar-refractivity contribution in [3.8, 4) is 0 Å². The van der Waals surface area contributed by atoms with E-state index in [9.17, 15) is 4.79 Å². The van der Waals surface area contributed by atoms with Gasteiger partial charge in [-0.2, -0.15) is 5.10 Å². The molecule has 1 aliphatic rings. The molecule has 1 aliphatic carbocycles. The van der Waals surface area contributed by atoms with Crippen LogP contribution in [0.1, 0.15) is 25.0 Å². The minimum Gasteiger partial charge on any atom is -0.327 e. The lowest BCUT2D eigenvalue weighted by molar-refractivity contribution is 0.613. The van der Waals surface area contributed by atoms with E-state index in [4.69, 9.17) is 5.73 Å². The Morgan fingerprint density at radius 2 is 2.06 bits per heavy atom. The van der Waals surface area contributed by atoms with Crippen LogP contribution < -0.4 is 11.3 Å². The van der Waals surface area contributed by atoms with Crippen LogP contribution in [0.4, 0.5) is 0 Å². The SMILES string of the molecule is NC1CC=C(c2n[nH]c(=O)c3ccccc23)CC1. The van der Waals surface area contributed by atoms with Gasteiger partial charge in [0.1, 0.15) is 0 Å². The second-order valence-electron chi connectivity index (χ2n) is 4.71. The summed E-state index contributed by atoms with van der Waals surface area (Å²) in [5.74, 6) is 0. The predicted octanol–water partition coefficient (Wildman–Crippen LogP) is 1.82. The zero-order chi connectivity index (χ0) is 12.5. The van der Waals surface area contributed by atoms with Crippen LogP contribution in [0.5, 0.6) is 0 Å². The van der Waals surface area contributed by atoms with E-state index in [2.05, 4.69) is 16.3 Å². The number of aromatic nitrogens is 2. The van der Waals surface area contributed by atoms with Crippen molar-refractivity contribution in [2.24, 2.45) is 5.73 Å². The third-order valence-electron chi connectivity index (χ3n) is 3.45. The molecule has 0 bridgehead atoms. The molecular weight excluding hydrogens is 226 g/mol. The number of benzene rings is 1. The lowest BCUT2D eigenvalue weighted by atomic mass is 9.92. The highest BCUT2D eigenvalue weighted by atomic mass is 16.1. The van der Waals surface area contributed by atoms with E-state index in [1.54, 1.807) is 0 Å². The number of rotatable bonds is 1. The topological polar surface area (TPSA) is 71.8 Å². The number of hydrogen-bond donors (Lipinski definition) is 2. The zero-order valence-corrected chi connectivity index (χ0v) is 10.0. The molecule has 1 atom stereocenters. The molecule has 0 saturated heterocycles. The first-order valence-electron chi connectivity index (χ1n) is 6.18. The number of nitrogens with one attached hydrogen (secondary N) is 1. The largest absolute Gasteiger partial charge is 0.327 e. The number of aromatic amines is 1. The quantitative estimate of drug-likeness (QED) is 0.800. The minimum absolute atomic E-state index is 0.137. The molecule has 0 saturated carbocycles. The Kier molecular flexibility index (Phi) is 2.72. The van der Waals surface area contributed by atoms with Gasteiger partial charge in [-0.25, -0.2) is 5.10 Å². The number of H-pyrrole nitrogens is 1. The fourth-order valence-corrected chi connectivity index (χ4v) is 2.43. The van der Waals surface area contributed by atoms with E-state index in [0.717, 1.165) is 30.3 Å². The number of nitrogens with two attached hydrogens (primary N) is 1. The average molecular weight is 241 g/mol. The Balaban J connectivity index is 2.19. The van der Waals surface area contributed by atoms with Gasteiger partial charge in [0.2, 0.25) is 0 Å². The van der Waals surface area contributed by atoms with Gasteiger partial charge in [-0.05, 0) is 30.9 Å². The minimum atomic E-state index is -0.137. The summed E-state index contributed by atoms with van der Waals surface area (Å²) in [6.07, 6.45) is 4.91. The van der Waals surface area contributed by atoms with Crippen molar-refractivity contribution in [1.29, 1.82) is 0 Å². The zero-order valence-electron chi connectivity index (χ0n) is 10.0. The molecule has 0 spiro atoms. The van der Waals surface area contributed by atoms with E-state index in [1.807, 2.05) is 24.3 Å². The van der Waals surface area contributed by atoms with E-state index >= 15 is 0 Å². The Hall–Kier alpha value is -1.94. The molecule has 4 heteroatoms. The maximum Gasteiger partial charge on any atom is 0.272 e. The van der Waals surface area contributed by atoms with E-state index in [-0.39, 0.29) is 11.6 Å². The summed E-state index contributed by atoms with van der Waals surface area (Å²) in [5.41, 5.74) is 7.82. The van der Waals surface area contributed by atoms with Gasteiger partial charge in [-0.1, -0.05) is 24.3 Å². The third kappa shape index (κ3) is 1.84. The van der Waals surface area contributed by atoms with Gasteiger partial charge in [0.15, 0.2) is 0 Å². The summed E-state index contributed by atoms with van der Waals surface area (Å²) in [5, 5.41) is 8.39. The third-order valence-corrected chi connectivity index (χ3v) is 3.45. The molecule has 0 radical (unpaired) electrons. The molecule has 92 valence electrons. The normalized spacial score (nSPS) is 19.8. The summed E-state index contributed by atoms with van der Waals surface area (Å²) in [6, 6.07) is 7.83. The van der Waals surface area contributed by atoms with Crippen molar-refractivity contribution in [3.05, 3.63) is 46.4 Å². The van der Waals surface area contributed by atoms with Gasteiger partial charge < -0.3 is 5.73 Å². The molecule has 0 fully saturated rings. The molecule has 3 rings (SSSR count). The van der Waals surface area contributed by atoms with Gasteiger partial charge in [0.25, 0.3) is 5.56 Å². The first-order chi connectivity index (χ1) is 8.75. The van der Waals surface area contributed by atoms with Crippen molar-refractivity contribution in [3.63, 3.8) is 0 Å². The Morgan fingerprint density at radius 1 is 1.28 bits per heavy atom. The summed E-state index contributed by atoms with van der Waals surface area (Å²) in [4.78, 5) is 11.7. The fourth-order valence-electron chi connectivity index (χ4n) is 2.43. The lowest BCUT2D eigenvalue weighted by Gasteiger charge is -2.18. The second kappa shape index (κ2) is 4.38. The molecule has 2 aromatic rings. The lowest BCUT2D eigenvalue weighted by Crippen LogP contribution is -2.22. The maximum atomic E-state index is 11.7. The monoisotopic (exact) mass is 241 g/mol. The van der Waals surface area contributed by atoms with E-state index < -0.39 is 0 Å². The number of allylic oxidation sites excluding steroid dienone is 1. The first kappa shape index (κ1) is 11.2. The van der Waals surface area contributed by atoms with Crippen molar-refractivity contribution >= 4 is 16.3 Å². The van der Waals surface area contributed by atoms with Crippen LogP contribution in [-0.2, 0) is 0 Å². The van der Waals surface area contributed by atoms with Crippen LogP contribution in [0.25, 0.3) is 16.3 Å². The number of fused-ring (bicyclic) bond motifs is 1. The Bertz CT molecular complexity index is 672. The van der Waals surface area contributed by atoms with Gasteiger partial charge in [-0.3, -0.25) is 4.79 Å². The van der Waals surface area contributed by atoms with Gasteiger partial charge in [-0.15, -0.1) is 0 Å². The van der Waals surface area contributed by atoms with E-state index in [1.165, 1.54) is 5.57 Å². The molecule has 4 nitrogen and oxygen atoms in total. The van der Waals surface area contributed by atoms with Crippen molar-refractivity contribution < 1.29 is 0 Å². The maximum absolute atomic E-state index is 11.7. The van der Waals surface area contributed by atoms with Gasteiger partial charge in [0, 0.05) is 11.4 Å². The molecule has 1 aromatic heterocycles. The first-order valence-corrected chi connectivity index (χ1v) is 6.18. The Labute approximate surface area is 105 Å². The fraction of sp³-hybridized carbons (Fsp3) is 0.286. The smallest absolute Gasteiger partial charge is 0.272 e. The molecule has 0 amide bonds. The standard InChI is InChI=1S/C14H15N3O/c15-10-7-5-9(6-8-10)13-11-3-1-2-4-12(11)14(18)17-16-13/h1-5,10H,6-8,15H2,(H,17,18).